The third-order valence-corrected chi connectivity index (χ3v) is 10.6. The smallest absolute Gasteiger partial charge is 0.326 e. The molecule has 47 heavy (non-hydrogen) atoms. The number of likely N-dealkylation sites (tertiary alicyclic amines) is 1. The molecule has 1 aliphatic rings. The lowest BCUT2D eigenvalue weighted by Gasteiger charge is -2.20. The topological polar surface area (TPSA) is 147 Å². The van der Waals surface area contributed by atoms with Gasteiger partial charge >= 0.3 is 5.97 Å². The highest BCUT2D eigenvalue weighted by Gasteiger charge is 2.33. The monoisotopic (exact) mass is 688 g/mol. The number of carbonyl (C=O) groups excluding carboxylic acids is 1. The lowest BCUT2D eigenvalue weighted by Crippen LogP contribution is -2.42. The third-order valence-electron chi connectivity index (χ3n) is 7.50. The van der Waals surface area contributed by atoms with Gasteiger partial charge in [-0.25, -0.2) is 21.6 Å². The summed E-state index contributed by atoms with van der Waals surface area (Å²) in [6.45, 7) is 7.45. The number of carbonyl (C=O) groups is 2. The van der Waals surface area contributed by atoms with Crippen molar-refractivity contribution in [3.8, 4) is 11.1 Å². The maximum absolute atomic E-state index is 13.3. The average Bonchev–Trinajstić information content (AvgIpc) is 3.50. The fraction of sp³-hybridized carbons (Fsp3) is 0.429. The standard InChI is InChI=1S/C31H36N2O7S2.C2H6O.C2H6/c1-22-8-6-7-11-26(22)28-18-24(12-13-27(28)30(34)32-29(31(35)36)15-17-41(2,37)38)19-33-16-14-25(20-33)42(39,40)21-23-9-4-3-5-10-23;1-3-2;1-2/h3-13,18,25,29H,14-17,19-21H2,1-2H3,(H,32,34)(H,35,36);1-2H3;1-2H3. The van der Waals surface area contributed by atoms with Gasteiger partial charge < -0.3 is 15.2 Å². The number of hydrogen-bond donors (Lipinski definition) is 2. The number of nitrogens with one attached hydrogen (secondary N) is 1. The van der Waals surface area contributed by atoms with E-state index >= 15 is 0 Å². The fourth-order valence-electron chi connectivity index (χ4n) is 5.23. The van der Waals surface area contributed by atoms with Crippen molar-refractivity contribution in [2.75, 3.05) is 39.3 Å². The molecule has 3 aromatic rings. The van der Waals surface area contributed by atoms with Crippen molar-refractivity contribution in [1.82, 2.24) is 10.2 Å². The largest absolute Gasteiger partial charge is 0.480 e. The van der Waals surface area contributed by atoms with Crippen molar-refractivity contribution in [3.05, 3.63) is 95.1 Å². The Hall–Kier alpha value is -3.58. The van der Waals surface area contributed by atoms with Crippen molar-refractivity contribution in [1.29, 1.82) is 0 Å². The molecular formula is C35H48N2O8S2. The van der Waals surface area contributed by atoms with Crippen molar-refractivity contribution >= 4 is 31.6 Å². The molecular weight excluding hydrogens is 641 g/mol. The Balaban J connectivity index is 0.00000145. The van der Waals surface area contributed by atoms with Gasteiger partial charge in [-0.15, -0.1) is 0 Å². The van der Waals surface area contributed by atoms with Crippen LogP contribution in [-0.2, 0) is 41.5 Å². The van der Waals surface area contributed by atoms with Gasteiger partial charge in [0.25, 0.3) is 5.91 Å². The summed E-state index contributed by atoms with van der Waals surface area (Å²) in [5.74, 6) is -2.29. The maximum atomic E-state index is 13.3. The number of aryl methyl sites for hydroxylation is 1. The highest BCUT2D eigenvalue weighted by Crippen LogP contribution is 2.30. The van der Waals surface area contributed by atoms with Crippen LogP contribution in [0.3, 0.4) is 0 Å². The van der Waals surface area contributed by atoms with E-state index in [1.807, 2.05) is 81.4 Å². The SMILES string of the molecule is CC.COC.Cc1ccccc1-c1cc(CN2CCC(S(=O)(=O)Cc3ccccc3)C2)ccc1C(=O)NC(CCS(C)(=O)=O)C(=O)O. The van der Waals surface area contributed by atoms with E-state index in [0.29, 0.717) is 31.6 Å². The van der Waals surface area contributed by atoms with E-state index in [4.69, 9.17) is 0 Å². The molecule has 0 spiro atoms. The molecule has 1 heterocycles. The van der Waals surface area contributed by atoms with E-state index in [0.717, 1.165) is 28.5 Å². The number of carboxylic acids is 1. The first-order chi connectivity index (χ1) is 22.2. The van der Waals surface area contributed by atoms with Gasteiger partial charge in [0.2, 0.25) is 0 Å². The van der Waals surface area contributed by atoms with Crippen molar-refractivity contribution < 1.29 is 36.3 Å². The first kappa shape index (κ1) is 39.6. The molecule has 2 atom stereocenters. The quantitative estimate of drug-likeness (QED) is 0.275. The number of ether oxygens (including phenoxy) is 1. The number of sulfone groups is 2. The molecule has 258 valence electrons. The second kappa shape index (κ2) is 18.7. The number of rotatable bonds is 12. The lowest BCUT2D eigenvalue weighted by atomic mass is 9.93. The fourth-order valence-corrected chi connectivity index (χ4v) is 7.69. The highest BCUT2D eigenvalue weighted by atomic mass is 32.2. The second-order valence-corrected chi connectivity index (χ2v) is 15.9. The summed E-state index contributed by atoms with van der Waals surface area (Å²) in [7, 11) is -3.49. The van der Waals surface area contributed by atoms with E-state index in [-0.39, 0.29) is 23.5 Å². The van der Waals surface area contributed by atoms with Gasteiger partial charge in [0, 0.05) is 39.1 Å². The van der Waals surface area contributed by atoms with Gasteiger partial charge in [0.05, 0.1) is 16.8 Å². The molecule has 0 radical (unpaired) electrons. The molecule has 2 unspecified atom stereocenters. The lowest BCUT2D eigenvalue weighted by molar-refractivity contribution is -0.139. The Bertz CT molecular complexity index is 1680. The van der Waals surface area contributed by atoms with Crippen LogP contribution in [0, 0.1) is 6.92 Å². The Morgan fingerprint density at radius 3 is 2.15 bits per heavy atom. The zero-order valence-corrected chi connectivity index (χ0v) is 29.7. The maximum Gasteiger partial charge on any atom is 0.326 e. The molecule has 4 rings (SSSR count). The Kier molecular flexibility index (Phi) is 15.7. The number of benzene rings is 3. The summed E-state index contributed by atoms with van der Waals surface area (Å²) in [6.07, 6.45) is 1.31. The van der Waals surface area contributed by atoms with Gasteiger partial charge in [-0.05, 0) is 66.3 Å². The molecule has 1 amide bonds. The number of methoxy groups -OCH3 is 1. The summed E-state index contributed by atoms with van der Waals surface area (Å²) in [5.41, 5.74) is 4.26. The minimum absolute atomic E-state index is 0.00904. The number of aliphatic carboxylic acids is 1. The molecule has 0 saturated carbocycles. The number of amides is 1. The molecule has 12 heteroatoms. The predicted molar refractivity (Wildman–Crippen MR) is 187 cm³/mol. The summed E-state index contributed by atoms with van der Waals surface area (Å²) in [5, 5.41) is 11.6. The van der Waals surface area contributed by atoms with E-state index in [1.54, 1.807) is 26.4 Å². The molecule has 0 aromatic heterocycles. The van der Waals surface area contributed by atoms with Crippen LogP contribution in [0.25, 0.3) is 11.1 Å². The molecule has 1 aliphatic heterocycles. The van der Waals surface area contributed by atoms with Crippen molar-refractivity contribution in [2.45, 2.75) is 57.2 Å². The van der Waals surface area contributed by atoms with Crippen LogP contribution in [-0.4, -0.2) is 89.3 Å². The number of nitrogens with zero attached hydrogens (tertiary/aromatic N) is 1. The van der Waals surface area contributed by atoms with Crippen LogP contribution in [0.2, 0.25) is 0 Å². The molecule has 0 aliphatic carbocycles. The number of hydrogen-bond acceptors (Lipinski definition) is 8. The Morgan fingerprint density at radius 1 is 0.936 bits per heavy atom. The minimum Gasteiger partial charge on any atom is -0.480 e. The summed E-state index contributed by atoms with van der Waals surface area (Å²) >= 11 is 0. The van der Waals surface area contributed by atoms with Crippen LogP contribution < -0.4 is 5.32 Å². The number of carboxylic acid groups (broad SMARTS) is 1. The van der Waals surface area contributed by atoms with Crippen molar-refractivity contribution in [2.24, 2.45) is 0 Å². The van der Waals surface area contributed by atoms with Crippen molar-refractivity contribution in [3.63, 3.8) is 0 Å². The van der Waals surface area contributed by atoms with Gasteiger partial charge in [0.1, 0.15) is 15.9 Å². The summed E-state index contributed by atoms with van der Waals surface area (Å²) in [6, 6.07) is 20.6. The first-order valence-corrected chi connectivity index (χ1v) is 19.3. The first-order valence-electron chi connectivity index (χ1n) is 15.5. The van der Waals surface area contributed by atoms with E-state index < -0.39 is 42.8 Å². The van der Waals surface area contributed by atoms with E-state index in [9.17, 15) is 31.5 Å². The third kappa shape index (κ3) is 12.5. The molecule has 2 N–H and O–H groups in total. The summed E-state index contributed by atoms with van der Waals surface area (Å²) < 4.78 is 53.6. The van der Waals surface area contributed by atoms with E-state index in [1.165, 1.54) is 0 Å². The Labute approximate surface area is 280 Å². The van der Waals surface area contributed by atoms with Gasteiger partial charge in [0.15, 0.2) is 9.84 Å². The normalized spacial score (nSPS) is 15.4. The molecule has 3 aromatic carbocycles. The Morgan fingerprint density at radius 2 is 1.55 bits per heavy atom. The minimum atomic E-state index is -3.41. The second-order valence-electron chi connectivity index (χ2n) is 11.3. The van der Waals surface area contributed by atoms with Crippen LogP contribution in [0.5, 0.6) is 0 Å². The highest BCUT2D eigenvalue weighted by molar-refractivity contribution is 7.91. The summed E-state index contributed by atoms with van der Waals surface area (Å²) in [4.78, 5) is 27.2. The predicted octanol–water partition coefficient (Wildman–Crippen LogP) is 4.76. The zero-order chi connectivity index (χ0) is 35.2. The zero-order valence-electron chi connectivity index (χ0n) is 28.1. The van der Waals surface area contributed by atoms with Crippen LogP contribution >= 0.6 is 0 Å². The van der Waals surface area contributed by atoms with Crippen LogP contribution in [0.4, 0.5) is 0 Å². The van der Waals surface area contributed by atoms with Gasteiger partial charge in [-0.1, -0.05) is 74.5 Å². The van der Waals surface area contributed by atoms with E-state index in [2.05, 4.69) is 15.0 Å². The molecule has 1 fully saturated rings. The average molecular weight is 689 g/mol. The molecule has 0 bridgehead atoms. The molecule has 1 saturated heterocycles. The van der Waals surface area contributed by atoms with Crippen LogP contribution in [0.1, 0.15) is 53.7 Å². The van der Waals surface area contributed by atoms with Crippen LogP contribution in [0.15, 0.2) is 72.8 Å². The molecule has 10 nitrogen and oxygen atoms in total. The van der Waals surface area contributed by atoms with Gasteiger partial charge in [-0.2, -0.15) is 0 Å². The van der Waals surface area contributed by atoms with Gasteiger partial charge in [-0.3, -0.25) is 9.69 Å².